The average molecular weight is 1330 g/mol. The molecule has 90 heavy (non-hydrogen) atoms. The highest BCUT2D eigenvalue weighted by atomic mass is 31.2. The molecule has 0 heterocycles. The standard InChI is InChI=1S/C71H138O17P2/c1-6-9-12-15-18-21-22-23-24-27-30-33-36-41-45-50-55-69(74)82-61-67(88-71(76)57-52-47-42-37-34-31-28-25-26-29-32-35-38-43-48-53-64(4)5)63-86-90(79,80)84-59-65(72)58-83-89(77,78)85-62-66(87-70(75)56-51-46-40-20-17-14-11-8-3)60-81-68(73)54-49-44-39-19-16-13-10-7-2/h64-67,72H,6-63H2,1-5H3,(H,77,78)(H,79,80)/t65-,66+,67+/m0/s1. The Bertz CT molecular complexity index is 1740. The van der Waals surface area contributed by atoms with Crippen LogP contribution >= 0.6 is 15.6 Å². The van der Waals surface area contributed by atoms with Crippen LogP contribution in [0.2, 0.25) is 0 Å². The molecule has 3 N–H and O–H groups in total. The number of carbonyl (C=O) groups is 4. The molecule has 534 valence electrons. The van der Waals surface area contributed by atoms with Crippen molar-refractivity contribution in [3.63, 3.8) is 0 Å². The fourth-order valence-electron chi connectivity index (χ4n) is 10.8. The number of phosphoric ester groups is 2. The molecule has 0 saturated heterocycles. The van der Waals surface area contributed by atoms with Crippen molar-refractivity contribution >= 4 is 39.5 Å². The SMILES string of the molecule is CCCCCCCCCCCCCCCCCCC(=O)OC[C@H](COP(=O)(O)OC[C@@H](O)COP(=O)(O)OC[C@@H](COC(=O)CCCCCCCCCC)OC(=O)CCCCCCCCCC)OC(=O)CCCCCCCCCCCCCCCCCC(C)C. The minimum absolute atomic E-state index is 0.105. The minimum atomic E-state index is -4.95. The Labute approximate surface area is 549 Å². The molecule has 5 atom stereocenters. The largest absolute Gasteiger partial charge is 0.472 e. The third-order valence-electron chi connectivity index (χ3n) is 16.5. The van der Waals surface area contributed by atoms with E-state index in [0.29, 0.717) is 25.7 Å². The number of aliphatic hydroxyl groups excluding tert-OH is 1. The van der Waals surface area contributed by atoms with Gasteiger partial charge >= 0.3 is 39.5 Å². The Morgan fingerprint density at radius 3 is 0.756 bits per heavy atom. The maximum absolute atomic E-state index is 13.0. The average Bonchev–Trinajstić information content (AvgIpc) is 2.84. The number of hydrogen-bond donors (Lipinski definition) is 3. The summed E-state index contributed by atoms with van der Waals surface area (Å²) in [6.07, 6.45) is 51.5. The second-order valence-electron chi connectivity index (χ2n) is 26.1. The minimum Gasteiger partial charge on any atom is -0.462 e. The molecule has 0 amide bonds. The van der Waals surface area contributed by atoms with E-state index in [0.717, 1.165) is 109 Å². The highest BCUT2D eigenvalue weighted by molar-refractivity contribution is 7.47. The molecule has 0 aliphatic carbocycles. The molecule has 0 aromatic rings. The summed E-state index contributed by atoms with van der Waals surface area (Å²) in [4.78, 5) is 72.4. The number of ether oxygens (including phenoxy) is 4. The zero-order valence-electron chi connectivity index (χ0n) is 58.3. The van der Waals surface area contributed by atoms with Crippen LogP contribution in [0.5, 0.6) is 0 Å². The molecule has 0 aliphatic heterocycles. The smallest absolute Gasteiger partial charge is 0.462 e. The van der Waals surface area contributed by atoms with Crippen LogP contribution < -0.4 is 0 Å². The van der Waals surface area contributed by atoms with Crippen LogP contribution in [0.15, 0.2) is 0 Å². The Hall–Kier alpha value is -1.94. The highest BCUT2D eigenvalue weighted by Gasteiger charge is 2.30. The first-order valence-corrected chi connectivity index (χ1v) is 40.1. The lowest BCUT2D eigenvalue weighted by molar-refractivity contribution is -0.161. The number of hydrogen-bond acceptors (Lipinski definition) is 15. The summed E-state index contributed by atoms with van der Waals surface area (Å²) in [5.74, 6) is -1.32. The maximum atomic E-state index is 13.0. The summed E-state index contributed by atoms with van der Waals surface area (Å²) in [6.45, 7) is 7.23. The van der Waals surface area contributed by atoms with Gasteiger partial charge in [0, 0.05) is 25.7 Å². The van der Waals surface area contributed by atoms with Crippen molar-refractivity contribution in [3.8, 4) is 0 Å². The van der Waals surface area contributed by atoms with Crippen LogP contribution in [-0.2, 0) is 65.4 Å². The van der Waals surface area contributed by atoms with Crippen molar-refractivity contribution in [2.45, 2.75) is 387 Å². The summed E-state index contributed by atoms with van der Waals surface area (Å²) in [5.41, 5.74) is 0. The van der Waals surface area contributed by atoms with E-state index in [1.54, 1.807) is 0 Å². The van der Waals surface area contributed by atoms with Crippen LogP contribution in [0.4, 0.5) is 0 Å². The summed E-state index contributed by atoms with van der Waals surface area (Å²) in [6, 6.07) is 0. The Kier molecular flexibility index (Phi) is 63.0. The number of esters is 4. The van der Waals surface area contributed by atoms with Crippen LogP contribution in [0, 0.1) is 5.92 Å². The number of rotatable bonds is 71. The van der Waals surface area contributed by atoms with Crippen molar-refractivity contribution in [2.75, 3.05) is 39.6 Å². The first-order valence-electron chi connectivity index (χ1n) is 37.1. The predicted octanol–water partition coefficient (Wildman–Crippen LogP) is 20.5. The molecule has 2 unspecified atom stereocenters. The lowest BCUT2D eigenvalue weighted by atomic mass is 10.0. The van der Waals surface area contributed by atoms with E-state index >= 15 is 0 Å². The number of carbonyl (C=O) groups excluding carboxylic acids is 4. The summed E-state index contributed by atoms with van der Waals surface area (Å²) < 4.78 is 68.2. The first-order chi connectivity index (χ1) is 43.5. The zero-order chi connectivity index (χ0) is 66.3. The topological polar surface area (TPSA) is 237 Å². The van der Waals surface area contributed by atoms with Gasteiger partial charge in [0.15, 0.2) is 12.2 Å². The van der Waals surface area contributed by atoms with Gasteiger partial charge < -0.3 is 33.8 Å². The van der Waals surface area contributed by atoms with Crippen molar-refractivity contribution in [3.05, 3.63) is 0 Å². The van der Waals surface area contributed by atoms with Crippen molar-refractivity contribution < 1.29 is 80.2 Å². The third kappa shape index (κ3) is 64.8. The van der Waals surface area contributed by atoms with Gasteiger partial charge in [-0.1, -0.05) is 317 Å². The molecular formula is C71H138O17P2. The molecule has 0 aromatic carbocycles. The van der Waals surface area contributed by atoms with Crippen LogP contribution in [0.3, 0.4) is 0 Å². The van der Waals surface area contributed by atoms with Gasteiger partial charge in [0.25, 0.3) is 0 Å². The van der Waals surface area contributed by atoms with Crippen molar-refractivity contribution in [1.82, 2.24) is 0 Å². The van der Waals surface area contributed by atoms with Crippen molar-refractivity contribution in [1.29, 1.82) is 0 Å². The van der Waals surface area contributed by atoms with Gasteiger partial charge in [0.05, 0.1) is 26.4 Å². The Morgan fingerprint density at radius 1 is 0.300 bits per heavy atom. The molecule has 0 bridgehead atoms. The molecule has 0 fully saturated rings. The van der Waals surface area contributed by atoms with Crippen LogP contribution in [0.1, 0.15) is 369 Å². The summed E-state index contributed by atoms with van der Waals surface area (Å²) >= 11 is 0. The molecule has 0 aromatic heterocycles. The van der Waals surface area contributed by atoms with E-state index in [2.05, 4.69) is 34.6 Å². The second kappa shape index (κ2) is 64.4. The first kappa shape index (κ1) is 88.1. The third-order valence-corrected chi connectivity index (χ3v) is 18.4. The molecular weight excluding hydrogens is 1190 g/mol. The van der Waals surface area contributed by atoms with E-state index in [4.69, 9.17) is 37.0 Å². The van der Waals surface area contributed by atoms with Gasteiger partial charge in [-0.15, -0.1) is 0 Å². The fourth-order valence-corrected chi connectivity index (χ4v) is 12.4. The van der Waals surface area contributed by atoms with Gasteiger partial charge in [-0.3, -0.25) is 37.3 Å². The molecule has 0 spiro atoms. The number of aliphatic hydroxyl groups is 1. The molecule has 19 heteroatoms. The van der Waals surface area contributed by atoms with Crippen LogP contribution in [-0.4, -0.2) is 96.7 Å². The molecule has 17 nitrogen and oxygen atoms in total. The monoisotopic (exact) mass is 1320 g/mol. The molecule has 0 radical (unpaired) electrons. The summed E-state index contributed by atoms with van der Waals surface area (Å²) in [5, 5.41) is 10.6. The Morgan fingerprint density at radius 2 is 0.511 bits per heavy atom. The molecule has 0 aliphatic rings. The van der Waals surface area contributed by atoms with E-state index in [1.807, 2.05) is 0 Å². The van der Waals surface area contributed by atoms with Gasteiger partial charge in [0.1, 0.15) is 19.3 Å². The second-order valence-corrected chi connectivity index (χ2v) is 29.0. The lowest BCUT2D eigenvalue weighted by Gasteiger charge is -2.21. The van der Waals surface area contributed by atoms with E-state index < -0.39 is 97.5 Å². The highest BCUT2D eigenvalue weighted by Crippen LogP contribution is 2.45. The van der Waals surface area contributed by atoms with Gasteiger partial charge in [-0.05, 0) is 31.6 Å². The van der Waals surface area contributed by atoms with Crippen LogP contribution in [0.25, 0.3) is 0 Å². The molecule has 0 saturated carbocycles. The van der Waals surface area contributed by atoms with E-state index in [-0.39, 0.29) is 25.7 Å². The van der Waals surface area contributed by atoms with Gasteiger partial charge in [0.2, 0.25) is 0 Å². The quantitative estimate of drug-likeness (QED) is 0.0222. The van der Waals surface area contributed by atoms with Gasteiger partial charge in [-0.25, -0.2) is 9.13 Å². The lowest BCUT2D eigenvalue weighted by Crippen LogP contribution is -2.30. The number of unbranched alkanes of at least 4 members (excludes halogenated alkanes) is 43. The normalized spacial score (nSPS) is 14.1. The predicted molar refractivity (Wildman–Crippen MR) is 363 cm³/mol. The summed E-state index contributed by atoms with van der Waals surface area (Å²) in [7, 11) is -9.89. The fraction of sp³-hybridized carbons (Fsp3) is 0.944. The number of phosphoric acid groups is 2. The maximum Gasteiger partial charge on any atom is 0.472 e. The molecule has 0 rings (SSSR count). The van der Waals surface area contributed by atoms with Gasteiger partial charge in [-0.2, -0.15) is 0 Å². The van der Waals surface area contributed by atoms with E-state index in [9.17, 15) is 43.2 Å². The van der Waals surface area contributed by atoms with E-state index in [1.165, 1.54) is 180 Å². The zero-order valence-corrected chi connectivity index (χ0v) is 60.1. The van der Waals surface area contributed by atoms with Crippen molar-refractivity contribution in [2.24, 2.45) is 5.92 Å². The Balaban J connectivity index is 5.17.